The van der Waals surface area contributed by atoms with Crippen LogP contribution in [0.3, 0.4) is 0 Å². The predicted octanol–water partition coefficient (Wildman–Crippen LogP) is 4.02. The fourth-order valence-corrected chi connectivity index (χ4v) is 2.65. The van der Waals surface area contributed by atoms with Crippen LogP contribution in [0.5, 0.6) is 11.5 Å². The van der Waals surface area contributed by atoms with E-state index >= 15 is 0 Å². The summed E-state index contributed by atoms with van der Waals surface area (Å²) < 4.78 is 35.5. The van der Waals surface area contributed by atoms with Crippen LogP contribution in [-0.2, 0) is 5.41 Å². The van der Waals surface area contributed by atoms with Crippen molar-refractivity contribution in [1.82, 2.24) is 0 Å². The highest BCUT2D eigenvalue weighted by atomic mass is 19.3. The summed E-state index contributed by atoms with van der Waals surface area (Å²) in [4.78, 5) is 0. The van der Waals surface area contributed by atoms with Crippen molar-refractivity contribution >= 4 is 0 Å². The van der Waals surface area contributed by atoms with Crippen LogP contribution in [0.1, 0.15) is 31.9 Å². The number of ether oxygens (including phenoxy) is 2. The third kappa shape index (κ3) is 5.91. The molecular formula is C22H28F2O4. The van der Waals surface area contributed by atoms with Crippen molar-refractivity contribution in [2.24, 2.45) is 5.92 Å². The van der Waals surface area contributed by atoms with E-state index in [1.807, 2.05) is 43.3 Å². The Bertz CT molecular complexity index is 714. The van der Waals surface area contributed by atoms with Gasteiger partial charge in [0.05, 0.1) is 6.61 Å². The molecule has 0 heterocycles. The summed E-state index contributed by atoms with van der Waals surface area (Å²) in [7, 11) is 0. The van der Waals surface area contributed by atoms with Crippen molar-refractivity contribution < 1.29 is 28.5 Å². The molecule has 2 unspecified atom stereocenters. The third-order valence-corrected chi connectivity index (χ3v) is 4.71. The van der Waals surface area contributed by atoms with Crippen LogP contribution in [0.25, 0.3) is 0 Å². The minimum atomic E-state index is -2.82. The molecule has 0 fully saturated rings. The van der Waals surface area contributed by atoms with E-state index in [2.05, 4.69) is 13.8 Å². The largest absolute Gasteiger partial charge is 0.493 e. The number of alkyl halides is 2. The van der Waals surface area contributed by atoms with Gasteiger partial charge in [-0.1, -0.05) is 45.0 Å². The second kappa shape index (κ2) is 9.85. The van der Waals surface area contributed by atoms with Gasteiger partial charge in [0.1, 0.15) is 24.2 Å². The first-order valence-corrected chi connectivity index (χ1v) is 9.27. The topological polar surface area (TPSA) is 58.9 Å². The van der Waals surface area contributed by atoms with E-state index in [9.17, 15) is 8.78 Å². The highest BCUT2D eigenvalue weighted by molar-refractivity contribution is 5.41. The first-order valence-electron chi connectivity index (χ1n) is 9.27. The molecule has 0 amide bonds. The van der Waals surface area contributed by atoms with Crippen molar-refractivity contribution in [2.75, 3.05) is 19.8 Å². The average Bonchev–Trinajstić information content (AvgIpc) is 2.70. The van der Waals surface area contributed by atoms with Crippen LogP contribution < -0.4 is 9.47 Å². The van der Waals surface area contributed by atoms with E-state index in [0.717, 1.165) is 16.9 Å². The Morgan fingerprint density at radius 3 is 1.68 bits per heavy atom. The van der Waals surface area contributed by atoms with Gasteiger partial charge in [-0.2, -0.15) is 0 Å². The molecule has 6 heteroatoms. The van der Waals surface area contributed by atoms with E-state index in [0.29, 0.717) is 12.4 Å². The van der Waals surface area contributed by atoms with Crippen LogP contribution in [0, 0.1) is 5.92 Å². The van der Waals surface area contributed by atoms with Crippen LogP contribution >= 0.6 is 0 Å². The smallest absolute Gasteiger partial charge is 0.267 e. The minimum absolute atomic E-state index is 0.0821. The Labute approximate surface area is 164 Å². The van der Waals surface area contributed by atoms with E-state index in [1.54, 1.807) is 12.1 Å². The fourth-order valence-electron chi connectivity index (χ4n) is 2.65. The van der Waals surface area contributed by atoms with Crippen molar-refractivity contribution in [3.05, 3.63) is 59.7 Å². The second-order valence-electron chi connectivity index (χ2n) is 7.49. The maximum atomic E-state index is 12.3. The van der Waals surface area contributed by atoms with E-state index in [4.69, 9.17) is 19.7 Å². The third-order valence-electron chi connectivity index (χ3n) is 4.71. The molecule has 2 aromatic carbocycles. The molecule has 0 aromatic heterocycles. The normalized spacial score (nSPS) is 14.0. The monoisotopic (exact) mass is 394 g/mol. The molecule has 2 rings (SSSR count). The number of hydrogen-bond acceptors (Lipinski definition) is 4. The zero-order valence-electron chi connectivity index (χ0n) is 16.4. The van der Waals surface area contributed by atoms with Crippen LogP contribution in [0.2, 0.25) is 0 Å². The molecule has 2 N–H and O–H groups in total. The predicted molar refractivity (Wildman–Crippen MR) is 104 cm³/mol. The number of aliphatic hydroxyl groups is 2. The van der Waals surface area contributed by atoms with Gasteiger partial charge in [-0.25, -0.2) is 8.78 Å². The zero-order valence-corrected chi connectivity index (χ0v) is 16.4. The molecule has 2 aromatic rings. The number of aliphatic hydroxyl groups excluding tert-OH is 2. The van der Waals surface area contributed by atoms with Crippen LogP contribution in [0.4, 0.5) is 8.78 Å². The maximum absolute atomic E-state index is 12.3. The molecule has 0 aliphatic carbocycles. The number of hydrogen-bond donors (Lipinski definition) is 2. The van der Waals surface area contributed by atoms with Gasteiger partial charge in [-0.05, 0) is 35.4 Å². The molecule has 2 atom stereocenters. The lowest BCUT2D eigenvalue weighted by Gasteiger charge is -2.26. The molecule has 0 spiro atoms. The lowest BCUT2D eigenvalue weighted by Crippen LogP contribution is -2.25. The number of rotatable bonds is 10. The first-order chi connectivity index (χ1) is 13.2. The van der Waals surface area contributed by atoms with E-state index in [1.165, 1.54) is 0 Å². The summed E-state index contributed by atoms with van der Waals surface area (Å²) in [6, 6.07) is 15.0. The lowest BCUT2D eigenvalue weighted by molar-refractivity contribution is -0.0283. The molecule has 0 saturated heterocycles. The van der Waals surface area contributed by atoms with Crippen molar-refractivity contribution in [1.29, 1.82) is 0 Å². The molecule has 28 heavy (non-hydrogen) atoms. The first kappa shape index (κ1) is 22.1. The van der Waals surface area contributed by atoms with E-state index in [-0.39, 0.29) is 17.9 Å². The molecule has 0 radical (unpaired) electrons. The second-order valence-corrected chi connectivity index (χ2v) is 7.49. The Morgan fingerprint density at radius 2 is 1.29 bits per heavy atom. The lowest BCUT2D eigenvalue weighted by atomic mass is 9.78. The summed E-state index contributed by atoms with van der Waals surface area (Å²) in [6.45, 7) is 6.20. The van der Waals surface area contributed by atoms with Gasteiger partial charge in [0.2, 0.25) is 0 Å². The minimum Gasteiger partial charge on any atom is -0.493 e. The zero-order chi connectivity index (χ0) is 20.7. The average molecular weight is 394 g/mol. The van der Waals surface area contributed by atoms with Gasteiger partial charge in [-0.15, -0.1) is 0 Å². The Hall–Kier alpha value is -2.18. The fraction of sp³-hybridized carbons (Fsp3) is 0.455. The Kier molecular flexibility index (Phi) is 7.78. The van der Waals surface area contributed by atoms with Gasteiger partial charge in [0.25, 0.3) is 6.43 Å². The highest BCUT2D eigenvalue weighted by Crippen LogP contribution is 2.33. The van der Waals surface area contributed by atoms with Gasteiger partial charge in [0, 0.05) is 17.9 Å². The molecule has 0 bridgehead atoms. The summed E-state index contributed by atoms with van der Waals surface area (Å²) in [5, 5.41) is 18.2. The molecule has 0 aliphatic heterocycles. The standard InChI is InChI=1S/C22H28F2O4/c1-15(12-25)13-27-18-8-4-16(5-9-18)22(2,3)17-6-10-19(11-7-17)28-14-20(26)21(23)24/h4-11,15,20-21,25-26H,12-14H2,1-3H3. The molecule has 4 nitrogen and oxygen atoms in total. The van der Waals surface area contributed by atoms with Crippen molar-refractivity contribution in [2.45, 2.75) is 38.7 Å². The van der Waals surface area contributed by atoms with Crippen molar-refractivity contribution in [3.63, 3.8) is 0 Å². The molecular weight excluding hydrogens is 366 g/mol. The Morgan fingerprint density at radius 1 is 0.857 bits per heavy atom. The molecule has 0 saturated carbocycles. The van der Waals surface area contributed by atoms with Crippen LogP contribution in [0.15, 0.2) is 48.5 Å². The SMILES string of the molecule is CC(CO)COc1ccc(C(C)(C)c2ccc(OCC(O)C(F)F)cc2)cc1. The van der Waals surface area contributed by atoms with Crippen LogP contribution in [-0.4, -0.2) is 42.6 Å². The maximum Gasteiger partial charge on any atom is 0.267 e. The molecule has 154 valence electrons. The summed E-state index contributed by atoms with van der Waals surface area (Å²) >= 11 is 0. The van der Waals surface area contributed by atoms with Crippen molar-refractivity contribution in [3.8, 4) is 11.5 Å². The quantitative estimate of drug-likeness (QED) is 0.639. The van der Waals surface area contributed by atoms with Gasteiger partial charge < -0.3 is 19.7 Å². The van der Waals surface area contributed by atoms with Gasteiger partial charge in [0.15, 0.2) is 0 Å². The summed E-state index contributed by atoms with van der Waals surface area (Å²) in [5.74, 6) is 1.26. The summed E-state index contributed by atoms with van der Waals surface area (Å²) in [6.07, 6.45) is -4.62. The van der Waals surface area contributed by atoms with Gasteiger partial charge in [-0.3, -0.25) is 0 Å². The van der Waals surface area contributed by atoms with E-state index < -0.39 is 19.1 Å². The number of benzene rings is 2. The Balaban J connectivity index is 2.03. The summed E-state index contributed by atoms with van der Waals surface area (Å²) in [5.41, 5.74) is 1.85. The van der Waals surface area contributed by atoms with Gasteiger partial charge >= 0.3 is 0 Å². The molecule has 0 aliphatic rings. The highest BCUT2D eigenvalue weighted by Gasteiger charge is 2.23. The number of halogens is 2.